The monoisotopic (exact) mass is 302 g/mol. The average molecular weight is 303 g/mol. The maximum Gasteiger partial charge on any atom is 0.122 e. The number of rotatable bonds is 13. The Labute approximate surface area is 137 Å². The molecule has 1 aromatic rings. The molecule has 1 rings (SSSR count). The summed E-state index contributed by atoms with van der Waals surface area (Å²) in [7, 11) is 0. The third kappa shape index (κ3) is 8.92. The minimum atomic E-state index is 0.838. The number of ether oxygens (including phenoxy) is 1. The fourth-order valence-corrected chi connectivity index (χ4v) is 2.55. The molecule has 0 unspecified atom stereocenters. The molecule has 1 aromatic carbocycles. The molecule has 0 amide bonds. The van der Waals surface area contributed by atoms with Crippen LogP contribution in [0.25, 0.3) is 5.76 Å². The number of unbranched alkanes of at least 4 members (excludes halogenated alkanes) is 8. The summed E-state index contributed by atoms with van der Waals surface area (Å²) in [5, 5.41) is 0. The Balaban J connectivity index is 2.38. The molecule has 0 bridgehead atoms. The third-order valence-corrected chi connectivity index (χ3v) is 3.95. The Bertz CT molecular complexity index is 380. The molecular weight excluding hydrogens is 268 g/mol. The molecule has 0 fully saturated rings. The molecule has 0 saturated carbocycles. The molecule has 0 N–H and O–H groups in total. The van der Waals surface area contributed by atoms with Crippen molar-refractivity contribution in [2.45, 2.75) is 78.1 Å². The molecule has 0 aliphatic heterocycles. The van der Waals surface area contributed by atoms with Crippen LogP contribution in [0, 0.1) is 0 Å². The second kappa shape index (κ2) is 13.4. The van der Waals surface area contributed by atoms with Crippen molar-refractivity contribution in [2.75, 3.05) is 6.61 Å². The van der Waals surface area contributed by atoms with E-state index in [-0.39, 0.29) is 0 Å². The van der Waals surface area contributed by atoms with Crippen LogP contribution < -0.4 is 0 Å². The van der Waals surface area contributed by atoms with E-state index in [4.69, 9.17) is 4.74 Å². The van der Waals surface area contributed by atoms with Crippen molar-refractivity contribution in [3.63, 3.8) is 0 Å². The maximum absolute atomic E-state index is 6.04. The Kier molecular flexibility index (Phi) is 11.5. The van der Waals surface area contributed by atoms with E-state index in [0.29, 0.717) is 0 Å². The predicted molar refractivity (Wildman–Crippen MR) is 97.9 cm³/mol. The molecule has 0 aliphatic rings. The summed E-state index contributed by atoms with van der Waals surface area (Å²) in [4.78, 5) is 0. The molecule has 0 atom stereocenters. The predicted octanol–water partition coefficient (Wildman–Crippen LogP) is 6.98. The highest BCUT2D eigenvalue weighted by molar-refractivity contribution is 5.59. The molecule has 0 radical (unpaired) electrons. The first-order valence-corrected chi connectivity index (χ1v) is 9.26. The Morgan fingerprint density at radius 2 is 1.45 bits per heavy atom. The lowest BCUT2D eigenvalue weighted by atomic mass is 10.1. The zero-order valence-corrected chi connectivity index (χ0v) is 14.7. The number of hydrogen-bond acceptors (Lipinski definition) is 1. The normalized spacial score (nSPS) is 11.6. The van der Waals surface area contributed by atoms with Gasteiger partial charge >= 0.3 is 0 Å². The molecule has 0 heterocycles. The quantitative estimate of drug-likeness (QED) is 0.282. The van der Waals surface area contributed by atoms with E-state index in [0.717, 1.165) is 25.2 Å². The van der Waals surface area contributed by atoms with Gasteiger partial charge in [-0.25, -0.2) is 0 Å². The molecule has 124 valence electrons. The zero-order chi connectivity index (χ0) is 15.9. The van der Waals surface area contributed by atoms with E-state index in [2.05, 4.69) is 50.3 Å². The summed E-state index contributed by atoms with van der Waals surface area (Å²) in [5.41, 5.74) is 1.21. The van der Waals surface area contributed by atoms with Gasteiger partial charge in [-0.05, 0) is 25.3 Å². The molecule has 0 spiro atoms. The van der Waals surface area contributed by atoms with Gasteiger partial charge in [0, 0.05) is 5.56 Å². The third-order valence-electron chi connectivity index (χ3n) is 3.95. The van der Waals surface area contributed by atoms with E-state index in [1.807, 2.05) is 0 Å². The maximum atomic E-state index is 6.04. The number of allylic oxidation sites excluding steroid dienone is 1. The van der Waals surface area contributed by atoms with Crippen molar-refractivity contribution in [1.29, 1.82) is 0 Å². The van der Waals surface area contributed by atoms with E-state index in [1.165, 1.54) is 56.9 Å². The van der Waals surface area contributed by atoms with Crippen LogP contribution in [-0.2, 0) is 4.74 Å². The summed E-state index contributed by atoms with van der Waals surface area (Å²) in [6, 6.07) is 10.5. The lowest BCUT2D eigenvalue weighted by molar-refractivity contribution is 0.266. The summed E-state index contributed by atoms with van der Waals surface area (Å²) in [6.45, 7) is 5.34. The first-order valence-electron chi connectivity index (χ1n) is 9.26. The van der Waals surface area contributed by atoms with Crippen molar-refractivity contribution in [1.82, 2.24) is 0 Å². The second-order valence-electron chi connectivity index (χ2n) is 6.05. The van der Waals surface area contributed by atoms with Crippen molar-refractivity contribution < 1.29 is 4.74 Å². The second-order valence-corrected chi connectivity index (χ2v) is 6.05. The molecule has 0 aromatic heterocycles. The highest BCUT2D eigenvalue weighted by Crippen LogP contribution is 2.18. The molecule has 22 heavy (non-hydrogen) atoms. The van der Waals surface area contributed by atoms with Crippen molar-refractivity contribution in [3.8, 4) is 0 Å². The smallest absolute Gasteiger partial charge is 0.122 e. The van der Waals surface area contributed by atoms with E-state index in [9.17, 15) is 0 Å². The van der Waals surface area contributed by atoms with Crippen molar-refractivity contribution >= 4 is 5.76 Å². The Hall–Kier alpha value is -1.24. The van der Waals surface area contributed by atoms with Crippen LogP contribution in [0.3, 0.4) is 0 Å². The van der Waals surface area contributed by atoms with Crippen LogP contribution in [0.15, 0.2) is 36.4 Å². The summed E-state index contributed by atoms with van der Waals surface area (Å²) >= 11 is 0. The van der Waals surface area contributed by atoms with Crippen LogP contribution in [-0.4, -0.2) is 6.61 Å². The number of hydrogen-bond donors (Lipinski definition) is 0. The number of benzene rings is 1. The van der Waals surface area contributed by atoms with Gasteiger partial charge in [-0.15, -0.1) is 0 Å². The topological polar surface area (TPSA) is 9.23 Å². The lowest BCUT2D eigenvalue weighted by Gasteiger charge is -2.11. The van der Waals surface area contributed by atoms with Gasteiger partial charge in [-0.1, -0.05) is 89.1 Å². The lowest BCUT2D eigenvalue weighted by Crippen LogP contribution is -1.95. The van der Waals surface area contributed by atoms with E-state index in [1.54, 1.807) is 0 Å². The SMILES string of the molecule is CCCCCCCC/C=C(\OCCCCC)c1ccccc1. The van der Waals surface area contributed by atoms with Crippen LogP contribution in [0.5, 0.6) is 0 Å². The highest BCUT2D eigenvalue weighted by Gasteiger charge is 2.02. The highest BCUT2D eigenvalue weighted by atomic mass is 16.5. The van der Waals surface area contributed by atoms with Gasteiger partial charge in [0.05, 0.1) is 6.61 Å². The van der Waals surface area contributed by atoms with Crippen LogP contribution >= 0.6 is 0 Å². The summed E-state index contributed by atoms with van der Waals surface area (Å²) in [5.74, 6) is 1.07. The molecule has 0 saturated heterocycles. The average Bonchev–Trinajstić information content (AvgIpc) is 2.56. The van der Waals surface area contributed by atoms with Gasteiger partial charge in [-0.3, -0.25) is 0 Å². The standard InChI is InChI=1S/C21H34O/c1-3-5-7-8-9-10-14-18-21(22-19-15-6-4-2)20-16-12-11-13-17-20/h11-13,16-18H,3-10,14-15,19H2,1-2H3/b21-18-. The molecule has 1 heteroatoms. The van der Waals surface area contributed by atoms with Gasteiger partial charge in [0.2, 0.25) is 0 Å². The summed E-state index contributed by atoms with van der Waals surface area (Å²) < 4.78 is 6.04. The fraction of sp³-hybridized carbons (Fsp3) is 0.619. The van der Waals surface area contributed by atoms with E-state index < -0.39 is 0 Å². The largest absolute Gasteiger partial charge is 0.493 e. The van der Waals surface area contributed by atoms with Gasteiger partial charge in [0.15, 0.2) is 0 Å². The van der Waals surface area contributed by atoms with E-state index >= 15 is 0 Å². The fourth-order valence-electron chi connectivity index (χ4n) is 2.55. The Morgan fingerprint density at radius 3 is 2.18 bits per heavy atom. The van der Waals surface area contributed by atoms with Crippen LogP contribution in [0.1, 0.15) is 83.6 Å². The van der Waals surface area contributed by atoms with Crippen molar-refractivity contribution in [2.24, 2.45) is 0 Å². The minimum Gasteiger partial charge on any atom is -0.493 e. The van der Waals surface area contributed by atoms with Crippen LogP contribution in [0.2, 0.25) is 0 Å². The molecule has 1 nitrogen and oxygen atoms in total. The van der Waals surface area contributed by atoms with Gasteiger partial charge in [-0.2, -0.15) is 0 Å². The Morgan fingerprint density at radius 1 is 0.818 bits per heavy atom. The van der Waals surface area contributed by atoms with Crippen molar-refractivity contribution in [3.05, 3.63) is 42.0 Å². The van der Waals surface area contributed by atoms with Gasteiger partial charge in [0.1, 0.15) is 5.76 Å². The van der Waals surface area contributed by atoms with Gasteiger partial charge in [0.25, 0.3) is 0 Å². The first-order chi connectivity index (χ1) is 10.9. The summed E-state index contributed by atoms with van der Waals surface area (Å²) in [6.07, 6.45) is 15.1. The minimum absolute atomic E-state index is 0.838. The van der Waals surface area contributed by atoms with Gasteiger partial charge < -0.3 is 4.74 Å². The van der Waals surface area contributed by atoms with Crippen LogP contribution in [0.4, 0.5) is 0 Å². The zero-order valence-electron chi connectivity index (χ0n) is 14.7. The molecular formula is C21H34O. The first kappa shape index (κ1) is 18.8. The molecule has 0 aliphatic carbocycles.